The number of carbonyl (C=O) groups is 1. The van der Waals surface area contributed by atoms with Crippen LogP contribution in [0.15, 0.2) is 46.0 Å². The van der Waals surface area contributed by atoms with Gasteiger partial charge in [-0.15, -0.1) is 0 Å². The third-order valence-corrected chi connectivity index (χ3v) is 4.76. The standard InChI is InChI=1S/C21H24BrN3O5/c1-4-14(3)30-21-17(22)10-15(11-19(21)29-5-2)13-23-24-20(26)12-16-8-6-7-9-18(16)25(27)28/h6-11,13-14H,4-5,12H2,1-3H3,(H,24,26). The van der Waals surface area contributed by atoms with E-state index in [0.717, 1.165) is 6.42 Å². The van der Waals surface area contributed by atoms with E-state index in [-0.39, 0.29) is 18.2 Å². The minimum atomic E-state index is -0.512. The van der Waals surface area contributed by atoms with E-state index in [1.165, 1.54) is 12.3 Å². The minimum absolute atomic E-state index is 0.0290. The zero-order chi connectivity index (χ0) is 22.1. The van der Waals surface area contributed by atoms with Gasteiger partial charge in [0.15, 0.2) is 11.5 Å². The van der Waals surface area contributed by atoms with Crippen LogP contribution < -0.4 is 14.9 Å². The number of nitrogens with zero attached hydrogens (tertiary/aromatic N) is 2. The Balaban J connectivity index is 2.10. The molecule has 1 amide bonds. The summed E-state index contributed by atoms with van der Waals surface area (Å²) in [7, 11) is 0. The van der Waals surface area contributed by atoms with Crippen LogP contribution in [0.4, 0.5) is 5.69 Å². The van der Waals surface area contributed by atoms with Gasteiger partial charge in [0.1, 0.15) is 0 Å². The first kappa shape index (κ1) is 23.3. The average molecular weight is 478 g/mol. The fourth-order valence-corrected chi connectivity index (χ4v) is 3.11. The molecule has 0 saturated heterocycles. The van der Waals surface area contributed by atoms with Gasteiger partial charge >= 0.3 is 0 Å². The summed E-state index contributed by atoms with van der Waals surface area (Å²) in [5.74, 6) is 0.727. The van der Waals surface area contributed by atoms with E-state index in [1.54, 1.807) is 30.3 Å². The van der Waals surface area contributed by atoms with Gasteiger partial charge in [0.25, 0.3) is 5.69 Å². The lowest BCUT2D eigenvalue weighted by Gasteiger charge is -2.18. The van der Waals surface area contributed by atoms with E-state index in [1.807, 2.05) is 20.8 Å². The van der Waals surface area contributed by atoms with Gasteiger partial charge in [-0.05, 0) is 53.9 Å². The molecule has 0 aliphatic rings. The summed E-state index contributed by atoms with van der Waals surface area (Å²) in [5, 5.41) is 15.0. The second kappa shape index (κ2) is 11.3. The van der Waals surface area contributed by atoms with Crippen molar-refractivity contribution in [3.8, 4) is 11.5 Å². The van der Waals surface area contributed by atoms with Crippen LogP contribution in [0, 0.1) is 10.1 Å². The lowest BCUT2D eigenvalue weighted by molar-refractivity contribution is -0.385. The van der Waals surface area contributed by atoms with Crippen LogP contribution >= 0.6 is 15.9 Å². The van der Waals surface area contributed by atoms with Crippen LogP contribution in [0.1, 0.15) is 38.3 Å². The highest BCUT2D eigenvalue weighted by Crippen LogP contribution is 2.37. The van der Waals surface area contributed by atoms with Crippen molar-refractivity contribution in [1.82, 2.24) is 5.43 Å². The molecule has 30 heavy (non-hydrogen) atoms. The Morgan fingerprint density at radius 1 is 1.33 bits per heavy atom. The number of hydrazone groups is 1. The number of amides is 1. The fourth-order valence-electron chi connectivity index (χ4n) is 2.55. The molecule has 0 fully saturated rings. The monoisotopic (exact) mass is 477 g/mol. The second-order valence-electron chi connectivity index (χ2n) is 6.46. The van der Waals surface area contributed by atoms with Crippen LogP contribution in [0.3, 0.4) is 0 Å². The van der Waals surface area contributed by atoms with Crippen LogP contribution in [0.2, 0.25) is 0 Å². The Kier molecular flexibility index (Phi) is 8.79. The zero-order valence-electron chi connectivity index (χ0n) is 17.1. The number of nitro benzene ring substituents is 1. The Morgan fingerprint density at radius 3 is 2.73 bits per heavy atom. The van der Waals surface area contributed by atoms with Gasteiger partial charge in [-0.3, -0.25) is 14.9 Å². The van der Waals surface area contributed by atoms with Crippen molar-refractivity contribution < 1.29 is 19.2 Å². The molecule has 8 nitrogen and oxygen atoms in total. The van der Waals surface area contributed by atoms with E-state index < -0.39 is 10.8 Å². The smallest absolute Gasteiger partial charge is 0.273 e. The van der Waals surface area contributed by atoms with Crippen molar-refractivity contribution in [2.75, 3.05) is 6.61 Å². The molecule has 160 valence electrons. The molecule has 0 bridgehead atoms. The predicted octanol–water partition coefficient (Wildman–Crippen LogP) is 4.63. The molecule has 1 atom stereocenters. The van der Waals surface area contributed by atoms with Crippen molar-refractivity contribution in [3.63, 3.8) is 0 Å². The highest BCUT2D eigenvalue weighted by atomic mass is 79.9. The molecule has 2 rings (SSSR count). The number of rotatable bonds is 10. The van der Waals surface area contributed by atoms with E-state index in [0.29, 0.717) is 33.7 Å². The molecule has 2 aromatic carbocycles. The first-order chi connectivity index (χ1) is 14.3. The van der Waals surface area contributed by atoms with Gasteiger partial charge in [0, 0.05) is 11.6 Å². The third-order valence-electron chi connectivity index (χ3n) is 4.17. The first-order valence-electron chi connectivity index (χ1n) is 9.52. The van der Waals surface area contributed by atoms with Gasteiger partial charge in [-0.1, -0.05) is 25.1 Å². The van der Waals surface area contributed by atoms with Gasteiger partial charge in [-0.2, -0.15) is 5.10 Å². The van der Waals surface area contributed by atoms with Gasteiger partial charge in [0.05, 0.1) is 34.7 Å². The maximum atomic E-state index is 12.1. The normalized spacial score (nSPS) is 11.9. The molecule has 0 aromatic heterocycles. The molecule has 0 heterocycles. The Hall–Kier alpha value is -2.94. The highest BCUT2D eigenvalue weighted by Gasteiger charge is 2.16. The molecule has 2 aromatic rings. The SMILES string of the molecule is CCOc1cc(C=NNC(=O)Cc2ccccc2[N+](=O)[O-])cc(Br)c1OC(C)CC. The van der Waals surface area contributed by atoms with Gasteiger partial charge in [-0.25, -0.2) is 5.43 Å². The first-order valence-corrected chi connectivity index (χ1v) is 10.3. The lowest BCUT2D eigenvalue weighted by atomic mass is 10.1. The van der Waals surface area contributed by atoms with Crippen molar-refractivity contribution in [1.29, 1.82) is 0 Å². The van der Waals surface area contributed by atoms with Crippen LogP contribution in [-0.2, 0) is 11.2 Å². The highest BCUT2D eigenvalue weighted by molar-refractivity contribution is 9.10. The van der Waals surface area contributed by atoms with Crippen molar-refractivity contribution in [3.05, 3.63) is 62.1 Å². The number of hydrogen-bond donors (Lipinski definition) is 1. The second-order valence-corrected chi connectivity index (χ2v) is 7.31. The minimum Gasteiger partial charge on any atom is -0.490 e. The summed E-state index contributed by atoms with van der Waals surface area (Å²) >= 11 is 3.49. The summed E-state index contributed by atoms with van der Waals surface area (Å²) in [5.41, 5.74) is 3.31. The third kappa shape index (κ3) is 6.55. The summed E-state index contributed by atoms with van der Waals surface area (Å²) in [6.45, 7) is 6.36. The van der Waals surface area contributed by atoms with E-state index in [4.69, 9.17) is 9.47 Å². The quantitative estimate of drug-likeness (QED) is 0.305. The number of nitrogens with one attached hydrogen (secondary N) is 1. The molecule has 0 spiro atoms. The van der Waals surface area contributed by atoms with Gasteiger partial charge in [0.2, 0.25) is 5.91 Å². The summed E-state index contributed by atoms with van der Waals surface area (Å²) < 4.78 is 12.3. The maximum absolute atomic E-state index is 12.1. The molecule has 0 saturated carbocycles. The number of carbonyl (C=O) groups excluding carboxylic acids is 1. The molecule has 0 aliphatic carbocycles. The molecule has 0 radical (unpaired) electrons. The van der Waals surface area contributed by atoms with E-state index in [9.17, 15) is 14.9 Å². The topological polar surface area (TPSA) is 103 Å². The molecule has 0 aliphatic heterocycles. The number of hydrogen-bond acceptors (Lipinski definition) is 6. The number of nitro groups is 1. The van der Waals surface area contributed by atoms with Crippen molar-refractivity contribution in [2.24, 2.45) is 5.10 Å². The Bertz CT molecular complexity index is 933. The van der Waals surface area contributed by atoms with Crippen LogP contribution in [0.5, 0.6) is 11.5 Å². The largest absolute Gasteiger partial charge is 0.490 e. The fraction of sp³-hybridized carbons (Fsp3) is 0.333. The molecule has 1 unspecified atom stereocenters. The van der Waals surface area contributed by atoms with Crippen molar-refractivity contribution in [2.45, 2.75) is 39.7 Å². The van der Waals surface area contributed by atoms with Gasteiger partial charge < -0.3 is 9.47 Å². The van der Waals surface area contributed by atoms with Crippen LogP contribution in [-0.4, -0.2) is 29.8 Å². The Labute approximate surface area is 183 Å². The molecular weight excluding hydrogens is 454 g/mol. The number of halogens is 1. The van der Waals surface area contributed by atoms with E-state index >= 15 is 0 Å². The van der Waals surface area contributed by atoms with Crippen molar-refractivity contribution >= 4 is 33.7 Å². The number of ether oxygens (including phenoxy) is 2. The molecular formula is C21H24BrN3O5. The van der Waals surface area contributed by atoms with E-state index in [2.05, 4.69) is 26.5 Å². The molecule has 1 N–H and O–H groups in total. The number of benzene rings is 2. The predicted molar refractivity (Wildman–Crippen MR) is 118 cm³/mol. The molecule has 9 heteroatoms. The lowest BCUT2D eigenvalue weighted by Crippen LogP contribution is -2.20. The summed E-state index contributed by atoms with van der Waals surface area (Å²) in [4.78, 5) is 22.7. The summed E-state index contributed by atoms with van der Waals surface area (Å²) in [6.07, 6.45) is 2.20. The average Bonchev–Trinajstić information content (AvgIpc) is 2.70. The van der Waals surface area contributed by atoms with Crippen LogP contribution in [0.25, 0.3) is 0 Å². The summed E-state index contributed by atoms with van der Waals surface area (Å²) in [6, 6.07) is 9.68. The number of para-hydroxylation sites is 1. The Morgan fingerprint density at radius 2 is 2.07 bits per heavy atom. The maximum Gasteiger partial charge on any atom is 0.273 e. The zero-order valence-corrected chi connectivity index (χ0v) is 18.6.